The zero-order valence-corrected chi connectivity index (χ0v) is 10.4. The molecule has 0 amide bonds. The number of nitrogen functional groups attached to an aromatic ring is 1. The molecule has 94 valence electrons. The van der Waals surface area contributed by atoms with Gasteiger partial charge in [-0.2, -0.15) is 5.10 Å². The Balaban J connectivity index is 2.00. The van der Waals surface area contributed by atoms with Crippen molar-refractivity contribution in [2.24, 2.45) is 0 Å². The first-order valence-electron chi connectivity index (χ1n) is 6.20. The molecule has 0 radical (unpaired) electrons. The summed E-state index contributed by atoms with van der Waals surface area (Å²) in [6.07, 6.45) is 3.52. The van der Waals surface area contributed by atoms with Crippen LogP contribution in [0.2, 0.25) is 0 Å². The summed E-state index contributed by atoms with van der Waals surface area (Å²) in [5, 5.41) is 7.12. The van der Waals surface area contributed by atoms with Gasteiger partial charge in [0.2, 0.25) is 0 Å². The van der Waals surface area contributed by atoms with E-state index in [-0.39, 0.29) is 5.41 Å². The van der Waals surface area contributed by atoms with Crippen LogP contribution in [0.25, 0.3) is 0 Å². The van der Waals surface area contributed by atoms with Gasteiger partial charge in [-0.3, -0.25) is 5.10 Å². The Kier molecular flexibility index (Phi) is 2.51. The average Bonchev–Trinajstić information content (AvgIpc) is 2.76. The number of nitrogens with two attached hydrogens (primary N) is 1. The molecule has 18 heavy (non-hydrogen) atoms. The van der Waals surface area contributed by atoms with Crippen molar-refractivity contribution in [2.75, 3.05) is 12.8 Å². The fourth-order valence-corrected chi connectivity index (χ4v) is 2.74. The molecule has 1 fully saturated rings. The molecule has 2 aromatic rings. The van der Waals surface area contributed by atoms with Crippen LogP contribution in [0.15, 0.2) is 30.3 Å². The van der Waals surface area contributed by atoms with Crippen molar-refractivity contribution in [1.29, 1.82) is 0 Å². The number of hydrogen-bond donors (Lipinski definition) is 2. The molecular formula is C14H17N3O. The molecule has 1 aliphatic rings. The lowest BCUT2D eigenvalue weighted by atomic mass is 9.62. The lowest BCUT2D eigenvalue weighted by Crippen LogP contribution is -2.35. The van der Waals surface area contributed by atoms with Gasteiger partial charge in [-0.05, 0) is 30.5 Å². The molecule has 1 aromatic heterocycles. The quantitative estimate of drug-likeness (QED) is 0.870. The maximum atomic E-state index is 5.72. The summed E-state index contributed by atoms with van der Waals surface area (Å²) in [7, 11) is 1.68. The molecule has 0 saturated heterocycles. The van der Waals surface area contributed by atoms with Crippen LogP contribution in [0, 0.1) is 0 Å². The Morgan fingerprint density at radius 3 is 2.44 bits per heavy atom. The number of H-pyrrole nitrogens is 1. The normalized spacial score (nSPS) is 17.2. The van der Waals surface area contributed by atoms with Crippen LogP contribution in [0.3, 0.4) is 0 Å². The molecule has 0 atom stereocenters. The van der Waals surface area contributed by atoms with E-state index in [1.165, 1.54) is 12.0 Å². The van der Waals surface area contributed by atoms with Crippen molar-refractivity contribution in [2.45, 2.75) is 24.7 Å². The van der Waals surface area contributed by atoms with Gasteiger partial charge in [0.1, 0.15) is 11.6 Å². The first-order chi connectivity index (χ1) is 8.74. The number of anilines is 1. The van der Waals surface area contributed by atoms with Gasteiger partial charge < -0.3 is 10.5 Å². The number of ether oxygens (including phenoxy) is 1. The van der Waals surface area contributed by atoms with E-state index < -0.39 is 0 Å². The Labute approximate surface area is 106 Å². The first-order valence-corrected chi connectivity index (χ1v) is 6.20. The zero-order valence-electron chi connectivity index (χ0n) is 10.4. The molecule has 0 bridgehead atoms. The van der Waals surface area contributed by atoms with Crippen molar-refractivity contribution in [1.82, 2.24) is 10.2 Å². The number of benzene rings is 1. The smallest absolute Gasteiger partial charge is 0.145 e. The van der Waals surface area contributed by atoms with E-state index in [9.17, 15) is 0 Å². The molecule has 4 nitrogen and oxygen atoms in total. The third kappa shape index (κ3) is 1.56. The number of aromatic nitrogens is 2. The molecule has 3 rings (SSSR count). The monoisotopic (exact) mass is 243 g/mol. The Hall–Kier alpha value is -1.97. The van der Waals surface area contributed by atoms with Crippen LogP contribution in [0.5, 0.6) is 5.75 Å². The molecular weight excluding hydrogens is 226 g/mol. The Morgan fingerprint density at radius 2 is 2.00 bits per heavy atom. The molecule has 1 aromatic carbocycles. The highest BCUT2D eigenvalue weighted by Gasteiger charge is 2.41. The van der Waals surface area contributed by atoms with E-state index >= 15 is 0 Å². The number of hydrogen-bond acceptors (Lipinski definition) is 3. The third-order valence-corrected chi connectivity index (χ3v) is 3.96. The van der Waals surface area contributed by atoms with Gasteiger partial charge in [0.25, 0.3) is 0 Å². The van der Waals surface area contributed by atoms with Crippen LogP contribution in [-0.2, 0) is 5.41 Å². The molecule has 0 spiro atoms. The van der Waals surface area contributed by atoms with Gasteiger partial charge in [-0.25, -0.2) is 0 Å². The summed E-state index contributed by atoms with van der Waals surface area (Å²) in [5.41, 5.74) is 8.21. The number of aromatic amines is 1. The van der Waals surface area contributed by atoms with Crippen LogP contribution in [-0.4, -0.2) is 17.3 Å². The highest BCUT2D eigenvalue weighted by atomic mass is 16.5. The van der Waals surface area contributed by atoms with Gasteiger partial charge in [-0.15, -0.1) is 0 Å². The van der Waals surface area contributed by atoms with Crippen LogP contribution in [0.1, 0.15) is 30.5 Å². The van der Waals surface area contributed by atoms with Crippen molar-refractivity contribution in [3.63, 3.8) is 0 Å². The summed E-state index contributed by atoms with van der Waals surface area (Å²) in [4.78, 5) is 0. The van der Waals surface area contributed by atoms with E-state index in [2.05, 4.69) is 22.3 Å². The minimum Gasteiger partial charge on any atom is -0.497 e. The molecule has 1 heterocycles. The standard InChI is InChI=1S/C14H17N3O/c1-18-11-5-3-10(4-6-11)14(7-2-8-14)12-9-13(15)17-16-12/h3-6,9H,2,7-8H2,1H3,(H3,15,16,17). The van der Waals surface area contributed by atoms with Crippen molar-refractivity contribution in [3.8, 4) is 5.75 Å². The van der Waals surface area contributed by atoms with Crippen LogP contribution < -0.4 is 10.5 Å². The lowest BCUT2D eigenvalue weighted by molar-refractivity contribution is 0.293. The van der Waals surface area contributed by atoms with Crippen molar-refractivity contribution < 1.29 is 4.74 Å². The molecule has 0 unspecified atom stereocenters. The molecule has 1 aliphatic carbocycles. The van der Waals surface area contributed by atoms with Gasteiger partial charge in [0, 0.05) is 17.2 Å². The topological polar surface area (TPSA) is 63.9 Å². The van der Waals surface area contributed by atoms with Gasteiger partial charge in [0.15, 0.2) is 0 Å². The first kappa shape index (κ1) is 11.1. The number of rotatable bonds is 3. The fraction of sp³-hybridized carbons (Fsp3) is 0.357. The maximum absolute atomic E-state index is 5.72. The summed E-state index contributed by atoms with van der Waals surface area (Å²) >= 11 is 0. The number of methoxy groups -OCH3 is 1. The Bertz CT molecular complexity index is 540. The van der Waals surface area contributed by atoms with Crippen molar-refractivity contribution in [3.05, 3.63) is 41.6 Å². The molecule has 3 N–H and O–H groups in total. The predicted octanol–water partition coefficient (Wildman–Crippen LogP) is 2.47. The maximum Gasteiger partial charge on any atom is 0.145 e. The average molecular weight is 243 g/mol. The van der Waals surface area contributed by atoms with E-state index in [1.54, 1.807) is 7.11 Å². The molecule has 4 heteroatoms. The second-order valence-electron chi connectivity index (χ2n) is 4.87. The molecule has 0 aliphatic heterocycles. The lowest BCUT2D eigenvalue weighted by Gasteiger charge is -2.41. The second-order valence-corrected chi connectivity index (χ2v) is 4.87. The number of nitrogens with zero attached hydrogens (tertiary/aromatic N) is 1. The van der Waals surface area contributed by atoms with Gasteiger partial charge in [-0.1, -0.05) is 18.6 Å². The van der Waals surface area contributed by atoms with E-state index in [0.717, 1.165) is 24.3 Å². The highest BCUT2D eigenvalue weighted by molar-refractivity contribution is 5.44. The zero-order chi connectivity index (χ0) is 12.6. The van der Waals surface area contributed by atoms with Gasteiger partial charge >= 0.3 is 0 Å². The second kappa shape index (κ2) is 4.05. The Morgan fingerprint density at radius 1 is 1.28 bits per heavy atom. The van der Waals surface area contributed by atoms with Gasteiger partial charge in [0.05, 0.1) is 7.11 Å². The van der Waals surface area contributed by atoms with E-state index in [1.807, 2.05) is 18.2 Å². The highest BCUT2D eigenvalue weighted by Crippen LogP contribution is 2.48. The van der Waals surface area contributed by atoms with E-state index in [0.29, 0.717) is 5.82 Å². The van der Waals surface area contributed by atoms with E-state index in [4.69, 9.17) is 10.5 Å². The van der Waals surface area contributed by atoms with Crippen LogP contribution >= 0.6 is 0 Å². The predicted molar refractivity (Wildman–Crippen MR) is 70.6 cm³/mol. The summed E-state index contributed by atoms with van der Waals surface area (Å²) in [5.74, 6) is 1.45. The minimum atomic E-state index is 0.0664. The van der Waals surface area contributed by atoms with Crippen molar-refractivity contribution >= 4 is 5.82 Å². The summed E-state index contributed by atoms with van der Waals surface area (Å²) < 4.78 is 5.20. The SMILES string of the molecule is COc1ccc(C2(c3cc(N)n[nH]3)CCC2)cc1. The minimum absolute atomic E-state index is 0.0664. The summed E-state index contributed by atoms with van der Waals surface area (Å²) in [6.45, 7) is 0. The van der Waals surface area contributed by atoms with Crippen LogP contribution in [0.4, 0.5) is 5.82 Å². The fourth-order valence-electron chi connectivity index (χ4n) is 2.74. The third-order valence-electron chi connectivity index (χ3n) is 3.96. The summed E-state index contributed by atoms with van der Waals surface area (Å²) in [6, 6.07) is 10.2. The largest absolute Gasteiger partial charge is 0.497 e. The number of nitrogens with one attached hydrogen (secondary N) is 1. The molecule has 1 saturated carbocycles.